The van der Waals surface area contributed by atoms with E-state index in [1.807, 2.05) is 0 Å². The van der Waals surface area contributed by atoms with E-state index in [2.05, 4.69) is 76.3 Å². The normalized spacial score (nSPS) is 25.0. The van der Waals surface area contributed by atoms with Crippen molar-refractivity contribution in [1.29, 1.82) is 0 Å². The number of phosphoric acid groups is 1. The summed E-state index contributed by atoms with van der Waals surface area (Å²) in [6.45, 7) is 12.9. The number of ether oxygens (including phenoxy) is 1. The van der Waals surface area contributed by atoms with Crippen molar-refractivity contribution in [2.45, 2.75) is 188 Å². The van der Waals surface area contributed by atoms with Crippen LogP contribution >= 0.6 is 29.4 Å². The average molecular weight is 1180 g/mol. The second-order valence-corrected chi connectivity index (χ2v) is 27.6. The van der Waals surface area contributed by atoms with Crippen LogP contribution in [-0.4, -0.2) is 111 Å². The zero-order valence-corrected chi connectivity index (χ0v) is 50.8. The van der Waals surface area contributed by atoms with Gasteiger partial charge in [-0.05, 0) is 130 Å². The number of nitrogens with one attached hydrogen (secondary N) is 5. The topological polar surface area (TPSA) is 311 Å². The molecule has 23 heteroatoms. The molecular formula is C57H93N5O15PS2-3. The van der Waals surface area contributed by atoms with Crippen LogP contribution in [0.25, 0.3) is 0 Å². The average Bonchev–Trinajstić information content (AvgIpc) is 4.02. The van der Waals surface area contributed by atoms with Gasteiger partial charge in [0.15, 0.2) is 5.78 Å². The van der Waals surface area contributed by atoms with Gasteiger partial charge in [-0.3, -0.25) is 28.5 Å². The molecule has 12 atom stereocenters. The molecule has 0 aromatic rings. The van der Waals surface area contributed by atoms with Crippen molar-refractivity contribution < 1.29 is 71.8 Å². The van der Waals surface area contributed by atoms with Gasteiger partial charge in [0.25, 0.3) is 7.82 Å². The molecule has 4 aliphatic rings. The number of rotatable bonds is 39. The Labute approximate surface area is 482 Å². The van der Waals surface area contributed by atoms with Gasteiger partial charge in [-0.2, -0.15) is 0 Å². The molecule has 3 saturated carbocycles. The van der Waals surface area contributed by atoms with Gasteiger partial charge in [-0.15, -0.1) is 0 Å². The highest BCUT2D eigenvalue weighted by Gasteiger charge is 2.59. The number of amides is 5. The number of allylic oxidation sites excluding steroid dienone is 1. The summed E-state index contributed by atoms with van der Waals surface area (Å²) in [5.74, 6) is 0.0731. The fraction of sp³-hybridized carbons (Fsp3) is 0.825. The highest BCUT2D eigenvalue weighted by Crippen LogP contribution is 2.66. The van der Waals surface area contributed by atoms with Gasteiger partial charge < -0.3 is 65.1 Å². The van der Waals surface area contributed by atoms with Crippen LogP contribution in [0.1, 0.15) is 176 Å². The lowest BCUT2D eigenvalue weighted by Gasteiger charge is -2.57. The van der Waals surface area contributed by atoms with E-state index in [-0.39, 0.29) is 70.4 Å². The summed E-state index contributed by atoms with van der Waals surface area (Å²) in [5.41, 5.74) is 1.83. The van der Waals surface area contributed by atoms with Crippen molar-refractivity contribution >= 4 is 76.9 Å². The maximum Gasteiger partial charge on any atom is 0.407 e. The molecule has 0 saturated heterocycles. The molecule has 3 fully saturated rings. The Balaban J connectivity index is 1.11. The molecule has 8 unspecified atom stereocenters. The Morgan fingerprint density at radius 2 is 1.41 bits per heavy atom. The fourth-order valence-electron chi connectivity index (χ4n) is 13.2. The number of carbonyl (C=O) groups is 8. The first-order valence-corrected chi connectivity index (χ1v) is 33.4. The predicted molar refractivity (Wildman–Crippen MR) is 302 cm³/mol. The number of ketones is 1. The molecule has 5 amide bonds. The number of carboxylic acid groups (broad SMARTS) is 2. The molecule has 4 aliphatic carbocycles. The zero-order valence-electron chi connectivity index (χ0n) is 48.3. The zero-order chi connectivity index (χ0) is 58.8. The van der Waals surface area contributed by atoms with E-state index in [9.17, 15) is 58.0 Å². The van der Waals surface area contributed by atoms with Crippen molar-refractivity contribution in [3.8, 4) is 0 Å². The first-order chi connectivity index (χ1) is 38.0. The number of Topliss-reactive ketones (excluding diaryl/α,β-unsaturated/α-hetero) is 1. The lowest BCUT2D eigenvalue weighted by molar-refractivity contribution is -0.307. The Morgan fingerprint density at radius 1 is 0.738 bits per heavy atom. The molecule has 0 aromatic carbocycles. The van der Waals surface area contributed by atoms with Crippen LogP contribution in [0.15, 0.2) is 11.6 Å². The van der Waals surface area contributed by atoms with Crippen molar-refractivity contribution in [3.63, 3.8) is 0 Å². The Bertz CT molecular complexity index is 2120. The number of hydrogen-bond acceptors (Lipinski definition) is 17. The number of carboxylic acids is 2. The van der Waals surface area contributed by atoms with Crippen LogP contribution in [0.3, 0.4) is 0 Å². The highest BCUT2D eigenvalue weighted by molar-refractivity contribution is 8.76. The minimum Gasteiger partial charge on any atom is -0.756 e. The van der Waals surface area contributed by atoms with Crippen LogP contribution in [0.4, 0.5) is 4.79 Å². The van der Waals surface area contributed by atoms with E-state index < -0.39 is 80.6 Å². The Kier molecular flexibility index (Phi) is 30.5. The van der Waals surface area contributed by atoms with Crippen LogP contribution in [0.2, 0.25) is 0 Å². The molecule has 0 heterocycles. The van der Waals surface area contributed by atoms with Gasteiger partial charge in [-0.25, -0.2) is 4.79 Å². The van der Waals surface area contributed by atoms with E-state index in [1.54, 1.807) is 0 Å². The molecule has 0 spiro atoms. The quantitative estimate of drug-likeness (QED) is 0.0214. The molecule has 0 bridgehead atoms. The van der Waals surface area contributed by atoms with E-state index >= 15 is 0 Å². The molecule has 0 radical (unpaired) electrons. The van der Waals surface area contributed by atoms with Crippen LogP contribution in [-0.2, 0) is 51.9 Å². The molecular weight excluding hydrogens is 1090 g/mol. The second-order valence-electron chi connectivity index (χ2n) is 23.4. The van der Waals surface area contributed by atoms with Crippen molar-refractivity contribution in [3.05, 3.63) is 11.6 Å². The summed E-state index contributed by atoms with van der Waals surface area (Å²) >= 11 is 0. The SMILES string of the molecule is COP(=O)([O-])OCCCCCCNC(=O)CCSSCCNC(=O)[C@H](CCC(=O)[O-])CC(=O)[C@H](CCC(=O)[O-])NC(=O)CCNC(=O)CCNC(=O)O[C@H]1CCC2C(=CC[C@H]3C2CC(C)C2(C)C(C(C)CCCC(C)C)CCC32)C1. The third-order valence-corrected chi connectivity index (χ3v) is 20.8. The second kappa shape index (κ2) is 35.4. The lowest BCUT2D eigenvalue weighted by atomic mass is 9.48. The molecule has 0 aromatic heterocycles. The molecule has 456 valence electrons. The van der Waals surface area contributed by atoms with Crippen LogP contribution < -0.4 is 41.7 Å². The van der Waals surface area contributed by atoms with Gasteiger partial charge >= 0.3 is 6.09 Å². The number of carbonyl (C=O) groups excluding carboxylic acids is 8. The number of phosphoric ester groups is 1. The largest absolute Gasteiger partial charge is 0.756 e. The van der Waals surface area contributed by atoms with Gasteiger partial charge in [0.05, 0.1) is 12.6 Å². The summed E-state index contributed by atoms with van der Waals surface area (Å²) in [7, 11) is -0.368. The standard InChI is InChI=1S/C57H96N5O15PS2/c1-37(2)12-11-13-38(3)46-19-20-47-44-17-14-40-35-42(16-18-43(40)45(44)34-39(4)57(46,47)5)77-56(72)61-29-24-50(64)59-28-25-52(66)62-48(21-23-54(69)70)49(63)36-41(15-22-53(67)68)55(71)60-30-33-80-79-32-26-51(65)58-27-9-7-8-10-31-76-78(73,74)75-6/h14,37-39,41-48H,7-13,15-36H2,1-6H3,(H,58,65)(H,59,64)(H,60,71)(H,61,72)(H,62,66)(H,67,68)(H,69,70)(H,73,74)/p-3/t38?,39?,41-,42+,43?,44+,45?,46?,47?,48+,57?/m1/s1. The summed E-state index contributed by atoms with van der Waals surface area (Å²) < 4.78 is 25.9. The summed E-state index contributed by atoms with van der Waals surface area (Å²) in [6.07, 6.45) is 13.7. The number of hydrogen-bond donors (Lipinski definition) is 5. The Hall–Kier alpha value is -3.69. The van der Waals surface area contributed by atoms with E-state index in [1.165, 1.54) is 65.7 Å². The first-order valence-electron chi connectivity index (χ1n) is 29.5. The highest BCUT2D eigenvalue weighted by atomic mass is 33.1. The maximum absolute atomic E-state index is 13.5. The number of unbranched alkanes of at least 4 members (excludes halogenated alkanes) is 3. The molecule has 4 rings (SSSR count). The summed E-state index contributed by atoms with van der Waals surface area (Å²) in [5, 5.41) is 36.0. The van der Waals surface area contributed by atoms with Crippen molar-refractivity contribution in [2.75, 3.05) is 51.4 Å². The predicted octanol–water partition coefficient (Wildman–Crippen LogP) is 5.69. The number of aliphatic carboxylic acids is 2. The maximum atomic E-state index is 13.5. The summed E-state index contributed by atoms with van der Waals surface area (Å²) in [6, 6.07) is -1.34. The van der Waals surface area contributed by atoms with E-state index in [0.717, 1.165) is 81.6 Å². The molecule has 0 aliphatic heterocycles. The number of fused-ring (bicyclic) bond motifs is 5. The van der Waals surface area contributed by atoms with Crippen molar-refractivity contribution in [2.24, 2.45) is 58.7 Å². The minimum atomic E-state index is -4.22. The van der Waals surface area contributed by atoms with Crippen LogP contribution in [0, 0.1) is 58.7 Å². The minimum absolute atomic E-state index is 0.0106. The number of alkyl carbamates (subject to hydrolysis) is 1. The Morgan fingerprint density at radius 3 is 2.14 bits per heavy atom. The van der Waals surface area contributed by atoms with Crippen LogP contribution in [0.5, 0.6) is 0 Å². The monoisotopic (exact) mass is 1180 g/mol. The third-order valence-electron chi connectivity index (χ3n) is 17.5. The fourth-order valence-corrected chi connectivity index (χ4v) is 15.5. The van der Waals surface area contributed by atoms with Gasteiger partial charge in [-0.1, -0.05) is 100.0 Å². The van der Waals surface area contributed by atoms with Gasteiger partial charge in [0.2, 0.25) is 23.6 Å². The molecule has 20 nitrogen and oxygen atoms in total. The van der Waals surface area contributed by atoms with Gasteiger partial charge in [0, 0.05) is 94.8 Å². The smallest absolute Gasteiger partial charge is 0.407 e. The van der Waals surface area contributed by atoms with Gasteiger partial charge in [0.1, 0.15) is 6.10 Å². The van der Waals surface area contributed by atoms with E-state index in [0.29, 0.717) is 47.6 Å². The first kappa shape index (κ1) is 68.8. The summed E-state index contributed by atoms with van der Waals surface area (Å²) in [4.78, 5) is 111. The lowest BCUT2D eigenvalue weighted by Crippen LogP contribution is -2.51. The molecule has 80 heavy (non-hydrogen) atoms. The van der Waals surface area contributed by atoms with Crippen molar-refractivity contribution in [1.82, 2.24) is 26.6 Å². The third kappa shape index (κ3) is 23.5. The molecule has 5 N–H and O–H groups in total. The van der Waals surface area contributed by atoms with E-state index in [4.69, 9.17) is 4.74 Å².